The third kappa shape index (κ3) is 4.67. The van der Waals surface area contributed by atoms with Crippen LogP contribution in [0.2, 0.25) is 0 Å². The molecule has 0 unspecified atom stereocenters. The van der Waals surface area contributed by atoms with Gasteiger partial charge in [0.25, 0.3) is 0 Å². The molecule has 1 fully saturated rings. The van der Waals surface area contributed by atoms with Gasteiger partial charge in [-0.05, 0) is 44.9 Å². The molecule has 4 amide bonds. The number of aryl methyl sites for hydroxylation is 2. The third-order valence-electron chi connectivity index (χ3n) is 4.81. The second-order valence-electron chi connectivity index (χ2n) is 7.39. The van der Waals surface area contributed by atoms with E-state index < -0.39 is 30.2 Å². The van der Waals surface area contributed by atoms with Crippen molar-refractivity contribution in [2.24, 2.45) is 0 Å². The molecule has 0 radical (unpaired) electrons. The smallest absolute Gasteiger partial charge is 0.339 e. The van der Waals surface area contributed by atoms with Gasteiger partial charge in [-0.25, -0.2) is 14.6 Å². The van der Waals surface area contributed by atoms with Gasteiger partial charge in [-0.2, -0.15) is 0 Å². The van der Waals surface area contributed by atoms with Crippen LogP contribution in [-0.4, -0.2) is 48.3 Å². The molecule has 0 spiro atoms. The second kappa shape index (κ2) is 9.95. The van der Waals surface area contributed by atoms with Crippen molar-refractivity contribution in [3.05, 3.63) is 39.6 Å². The zero-order chi connectivity index (χ0) is 23.4. The summed E-state index contributed by atoms with van der Waals surface area (Å²) >= 11 is 1.46. The number of carbonyl (C=O) groups excluding carboxylic acids is 4. The Morgan fingerprint density at radius 2 is 1.59 bits per heavy atom. The summed E-state index contributed by atoms with van der Waals surface area (Å²) < 4.78 is 11.4. The number of imide groups is 2. The lowest BCUT2D eigenvalue weighted by Crippen LogP contribution is -2.37. The lowest BCUT2D eigenvalue weighted by molar-refractivity contribution is -0.139. The lowest BCUT2D eigenvalue weighted by Gasteiger charge is -2.18. The molecule has 32 heavy (non-hydrogen) atoms. The molecular weight excluding hydrogens is 432 g/mol. The summed E-state index contributed by atoms with van der Waals surface area (Å²) in [6, 6.07) is 5.49. The Morgan fingerprint density at radius 3 is 2.19 bits per heavy atom. The van der Waals surface area contributed by atoms with Gasteiger partial charge in [-0.3, -0.25) is 14.4 Å². The van der Waals surface area contributed by atoms with Gasteiger partial charge in [0.15, 0.2) is 17.3 Å². The summed E-state index contributed by atoms with van der Waals surface area (Å²) in [5.41, 5.74) is 0.632. The van der Waals surface area contributed by atoms with Gasteiger partial charge in [0.05, 0.1) is 25.4 Å². The molecule has 2 aromatic rings. The molecule has 1 aliphatic heterocycles. The van der Waals surface area contributed by atoms with Gasteiger partial charge in [0.1, 0.15) is 0 Å². The van der Waals surface area contributed by atoms with Crippen LogP contribution in [0.3, 0.4) is 0 Å². The predicted molar refractivity (Wildman–Crippen MR) is 121 cm³/mol. The molecule has 0 bridgehead atoms. The maximum Gasteiger partial charge on any atom is 0.339 e. The first-order valence-corrected chi connectivity index (χ1v) is 11.3. The first-order valence-electron chi connectivity index (χ1n) is 10.5. The van der Waals surface area contributed by atoms with Crippen LogP contribution in [0.25, 0.3) is 0 Å². The zero-order valence-corrected chi connectivity index (χ0v) is 19.4. The van der Waals surface area contributed by atoms with Gasteiger partial charge in [-0.15, -0.1) is 11.3 Å². The Balaban J connectivity index is 1.86. The van der Waals surface area contributed by atoms with Crippen molar-refractivity contribution in [2.75, 3.05) is 24.7 Å². The summed E-state index contributed by atoms with van der Waals surface area (Å²) in [7, 11) is 0. The van der Waals surface area contributed by atoms with Crippen molar-refractivity contribution in [2.45, 2.75) is 40.5 Å². The normalized spacial score (nSPS) is 13.8. The number of anilines is 1. The average Bonchev–Trinajstić information content (AvgIpc) is 3.21. The molecule has 0 atom stereocenters. The van der Waals surface area contributed by atoms with Crippen molar-refractivity contribution in [3.8, 4) is 11.5 Å². The number of ether oxygens (including phenoxy) is 2. The SMILES string of the molecule is CCCOc1ccc(N2C(=O)C(=O)N(CC(=O)c3cc(C)sc3C)C2=O)cc1OCCC. The molecule has 2 heterocycles. The fraction of sp³-hybridized carbons (Fsp3) is 0.391. The zero-order valence-electron chi connectivity index (χ0n) is 18.6. The van der Waals surface area contributed by atoms with E-state index in [9.17, 15) is 19.2 Å². The van der Waals surface area contributed by atoms with Gasteiger partial charge < -0.3 is 9.47 Å². The molecule has 0 aliphatic carbocycles. The summed E-state index contributed by atoms with van der Waals surface area (Å²) in [5.74, 6) is -1.56. The number of nitrogens with zero attached hydrogens (tertiary/aromatic N) is 2. The predicted octanol–water partition coefficient (Wildman–Crippen LogP) is 4.12. The topological polar surface area (TPSA) is 93.2 Å². The van der Waals surface area contributed by atoms with Crippen LogP contribution in [0.5, 0.6) is 11.5 Å². The molecule has 170 valence electrons. The number of carbonyl (C=O) groups is 4. The molecule has 0 saturated carbocycles. The minimum Gasteiger partial charge on any atom is -0.490 e. The monoisotopic (exact) mass is 458 g/mol. The molecule has 1 aromatic heterocycles. The minimum atomic E-state index is -1.03. The molecule has 1 aromatic carbocycles. The molecule has 3 rings (SSSR count). The Morgan fingerprint density at radius 1 is 0.938 bits per heavy atom. The van der Waals surface area contributed by atoms with Crippen LogP contribution in [0, 0.1) is 13.8 Å². The summed E-state index contributed by atoms with van der Waals surface area (Å²) in [4.78, 5) is 54.0. The van der Waals surface area contributed by atoms with Crippen molar-refractivity contribution in [1.82, 2.24) is 4.90 Å². The number of ketones is 1. The molecule has 1 aliphatic rings. The summed E-state index contributed by atoms with van der Waals surface area (Å²) in [6.45, 7) is 8.02. The number of hydrogen-bond donors (Lipinski definition) is 0. The van der Waals surface area contributed by atoms with Gasteiger partial charge in [-0.1, -0.05) is 13.8 Å². The Bertz CT molecular complexity index is 1060. The van der Waals surface area contributed by atoms with Crippen LogP contribution in [-0.2, 0) is 9.59 Å². The van der Waals surface area contributed by atoms with E-state index in [1.165, 1.54) is 23.5 Å². The van der Waals surface area contributed by atoms with E-state index in [-0.39, 0.29) is 5.69 Å². The molecular formula is C23H26N2O6S. The van der Waals surface area contributed by atoms with Crippen LogP contribution in [0.1, 0.15) is 46.8 Å². The number of Topliss-reactive ketones (excluding diaryl/α,β-unsaturated/α-hetero) is 1. The van der Waals surface area contributed by atoms with E-state index in [4.69, 9.17) is 9.47 Å². The number of amides is 4. The third-order valence-corrected chi connectivity index (χ3v) is 5.77. The van der Waals surface area contributed by atoms with E-state index in [2.05, 4.69) is 0 Å². The average molecular weight is 459 g/mol. The van der Waals surface area contributed by atoms with Gasteiger partial charge in [0, 0.05) is 21.4 Å². The van der Waals surface area contributed by atoms with Crippen molar-refractivity contribution >= 4 is 40.7 Å². The largest absolute Gasteiger partial charge is 0.490 e. The highest BCUT2D eigenvalue weighted by Gasteiger charge is 2.46. The quantitative estimate of drug-likeness (QED) is 0.302. The summed E-state index contributed by atoms with van der Waals surface area (Å²) in [5, 5.41) is 0. The van der Waals surface area contributed by atoms with Crippen molar-refractivity contribution in [3.63, 3.8) is 0 Å². The highest BCUT2D eigenvalue weighted by Crippen LogP contribution is 2.34. The van der Waals surface area contributed by atoms with Crippen LogP contribution >= 0.6 is 11.3 Å². The Labute approximate surface area is 190 Å². The van der Waals surface area contributed by atoms with Crippen LogP contribution in [0.15, 0.2) is 24.3 Å². The van der Waals surface area contributed by atoms with E-state index in [1.807, 2.05) is 20.8 Å². The van der Waals surface area contributed by atoms with E-state index in [0.29, 0.717) is 35.2 Å². The minimum absolute atomic E-state index is 0.181. The fourth-order valence-electron chi connectivity index (χ4n) is 3.30. The first-order chi connectivity index (χ1) is 15.3. The van der Waals surface area contributed by atoms with Crippen LogP contribution < -0.4 is 14.4 Å². The maximum absolute atomic E-state index is 13.0. The number of benzene rings is 1. The van der Waals surface area contributed by atoms with Crippen LogP contribution in [0.4, 0.5) is 10.5 Å². The molecule has 8 nitrogen and oxygen atoms in total. The van der Waals surface area contributed by atoms with Gasteiger partial charge in [0.2, 0.25) is 0 Å². The standard InChI is InChI=1S/C23H26N2O6S/c1-5-9-30-19-8-7-16(12-20(19)31-10-6-2)25-22(28)21(27)24(23(25)29)13-18(26)17-11-14(3)32-15(17)4/h7-8,11-12H,5-6,9-10,13H2,1-4H3. The summed E-state index contributed by atoms with van der Waals surface area (Å²) in [6.07, 6.45) is 1.56. The van der Waals surface area contributed by atoms with Crippen molar-refractivity contribution < 1.29 is 28.7 Å². The number of hydrogen-bond acceptors (Lipinski definition) is 7. The highest BCUT2D eigenvalue weighted by molar-refractivity contribution is 7.12. The number of thiophene rings is 1. The van der Waals surface area contributed by atoms with Gasteiger partial charge >= 0.3 is 17.8 Å². The molecule has 9 heteroatoms. The molecule has 1 saturated heterocycles. The number of urea groups is 1. The maximum atomic E-state index is 13.0. The molecule has 0 N–H and O–H groups in total. The van der Waals surface area contributed by atoms with E-state index >= 15 is 0 Å². The fourth-order valence-corrected chi connectivity index (χ4v) is 4.24. The first kappa shape index (κ1) is 23.5. The Hall–Kier alpha value is -3.20. The second-order valence-corrected chi connectivity index (χ2v) is 8.85. The van der Waals surface area contributed by atoms with Crippen molar-refractivity contribution in [1.29, 1.82) is 0 Å². The lowest BCUT2D eigenvalue weighted by atomic mass is 10.1. The highest BCUT2D eigenvalue weighted by atomic mass is 32.1. The Kier molecular flexibility index (Phi) is 7.29. The van der Waals surface area contributed by atoms with E-state index in [0.717, 1.165) is 27.5 Å². The number of rotatable bonds is 10. The van der Waals surface area contributed by atoms with E-state index in [1.54, 1.807) is 19.1 Å².